The summed E-state index contributed by atoms with van der Waals surface area (Å²) >= 11 is 1.86. The van der Waals surface area contributed by atoms with Gasteiger partial charge in [-0.05, 0) is 6.07 Å². The highest BCUT2D eigenvalue weighted by Crippen LogP contribution is 2.01. The third-order valence-corrected chi connectivity index (χ3v) is 2.76. The molecule has 0 aromatic carbocycles. The molecule has 0 aliphatic heterocycles. The van der Waals surface area contributed by atoms with Crippen LogP contribution in [-0.4, -0.2) is 39.7 Å². The highest BCUT2D eigenvalue weighted by Gasteiger charge is 2.16. The first-order valence-electron chi connectivity index (χ1n) is 4.60. The number of methoxy groups -OCH3 is 1. The molecule has 1 unspecified atom stereocenters. The number of ether oxygens (including phenoxy) is 1. The van der Waals surface area contributed by atoms with Crippen LogP contribution in [0.25, 0.3) is 0 Å². The molecule has 1 amide bonds. The zero-order chi connectivity index (χ0) is 12.8. The van der Waals surface area contributed by atoms with E-state index in [4.69, 9.17) is 0 Å². The van der Waals surface area contributed by atoms with Gasteiger partial charge in [0.25, 0.3) is 11.5 Å². The van der Waals surface area contributed by atoms with Crippen molar-refractivity contribution >= 4 is 34.5 Å². The molecule has 92 valence electrons. The molecule has 1 heterocycles. The minimum atomic E-state index is -0.468. The molecule has 0 aliphatic rings. The van der Waals surface area contributed by atoms with Gasteiger partial charge in [-0.3, -0.25) is 14.4 Å². The van der Waals surface area contributed by atoms with Crippen LogP contribution in [0.3, 0.4) is 0 Å². The van der Waals surface area contributed by atoms with Crippen LogP contribution in [0.1, 0.15) is 10.5 Å². The molecule has 7 nitrogen and oxygen atoms in total. The first-order valence-corrected chi connectivity index (χ1v) is 5.85. The molecule has 0 aliphatic carbocycles. The summed E-state index contributed by atoms with van der Waals surface area (Å²) in [6.07, 6.45) is 0. The second kappa shape index (κ2) is 6.33. The summed E-state index contributed by atoms with van der Waals surface area (Å²) in [6.45, 7) is 0.132. The molecule has 0 bridgehead atoms. The Morgan fingerprint density at radius 1 is 1.59 bits per heavy atom. The van der Waals surface area contributed by atoms with Crippen LogP contribution in [-0.2, 0) is 9.53 Å². The lowest BCUT2D eigenvalue weighted by Crippen LogP contribution is -2.34. The Bertz CT molecular complexity index is 453. The van der Waals surface area contributed by atoms with Gasteiger partial charge in [-0.25, -0.2) is 5.10 Å². The Morgan fingerprint density at radius 2 is 2.29 bits per heavy atom. The Balaban J connectivity index is 2.53. The van der Waals surface area contributed by atoms with Crippen molar-refractivity contribution in [2.45, 2.75) is 3.92 Å². The zero-order valence-corrected chi connectivity index (χ0v) is 11.1. The number of H-pyrrole nitrogens is 1. The van der Waals surface area contributed by atoms with E-state index in [1.165, 1.54) is 19.2 Å². The van der Waals surface area contributed by atoms with Crippen LogP contribution in [0.15, 0.2) is 16.9 Å². The minimum absolute atomic E-state index is 0.0815. The summed E-state index contributed by atoms with van der Waals surface area (Å²) in [5.74, 6) is -0.882. The number of carbonyl (C=O) groups is 2. The fourth-order valence-electron chi connectivity index (χ4n) is 0.955. The highest BCUT2D eigenvalue weighted by molar-refractivity contribution is 14.1. The summed E-state index contributed by atoms with van der Waals surface area (Å²) in [7, 11) is 1.28. The molecule has 0 fully saturated rings. The summed E-state index contributed by atoms with van der Waals surface area (Å²) in [5.41, 5.74) is -0.305. The third-order valence-electron chi connectivity index (χ3n) is 1.81. The molecular formula is C9H10IN3O4. The van der Waals surface area contributed by atoms with Gasteiger partial charge in [0, 0.05) is 12.6 Å². The van der Waals surface area contributed by atoms with Crippen LogP contribution in [0, 0.1) is 0 Å². The number of halogens is 1. The molecule has 0 radical (unpaired) electrons. The van der Waals surface area contributed by atoms with E-state index in [9.17, 15) is 14.4 Å². The predicted octanol–water partition coefficient (Wildman–Crippen LogP) is -0.524. The fraction of sp³-hybridized carbons (Fsp3) is 0.333. The number of rotatable bonds is 4. The zero-order valence-electron chi connectivity index (χ0n) is 8.90. The molecule has 0 spiro atoms. The van der Waals surface area contributed by atoms with Gasteiger partial charge in [0.2, 0.25) is 0 Å². The molecule has 8 heteroatoms. The monoisotopic (exact) mass is 351 g/mol. The van der Waals surface area contributed by atoms with Crippen LogP contribution < -0.4 is 10.9 Å². The average molecular weight is 351 g/mol. The molecule has 1 aromatic heterocycles. The summed E-state index contributed by atoms with van der Waals surface area (Å²) in [6, 6.07) is 2.50. The number of carbonyl (C=O) groups excluding carboxylic acids is 2. The van der Waals surface area contributed by atoms with Gasteiger partial charge >= 0.3 is 5.97 Å². The topological polar surface area (TPSA) is 101 Å². The second-order valence-electron chi connectivity index (χ2n) is 3.01. The number of nitrogens with one attached hydrogen (secondary N) is 2. The number of nitrogens with zero attached hydrogens (tertiary/aromatic N) is 1. The van der Waals surface area contributed by atoms with Crippen molar-refractivity contribution < 1.29 is 14.3 Å². The van der Waals surface area contributed by atoms with E-state index in [2.05, 4.69) is 20.3 Å². The molecule has 17 heavy (non-hydrogen) atoms. The van der Waals surface area contributed by atoms with E-state index in [1.54, 1.807) is 0 Å². The van der Waals surface area contributed by atoms with Crippen molar-refractivity contribution in [2.75, 3.05) is 13.7 Å². The van der Waals surface area contributed by atoms with E-state index in [-0.39, 0.29) is 17.8 Å². The van der Waals surface area contributed by atoms with Crippen molar-refractivity contribution in [3.63, 3.8) is 0 Å². The first-order chi connectivity index (χ1) is 8.04. The van der Waals surface area contributed by atoms with Crippen LogP contribution in [0.5, 0.6) is 0 Å². The van der Waals surface area contributed by atoms with Crippen molar-refractivity contribution in [2.24, 2.45) is 0 Å². The first kappa shape index (κ1) is 13.6. The number of aromatic nitrogens is 2. The number of hydrogen-bond acceptors (Lipinski definition) is 5. The standard InChI is InChI=1S/C9H10IN3O4/c1-17-9(16)5(10)4-11-8(15)6-2-3-7(14)13-12-6/h2-3,5H,4H2,1H3,(H,11,15)(H,13,14). The SMILES string of the molecule is COC(=O)C(I)CNC(=O)c1ccc(=O)[nH]n1. The predicted molar refractivity (Wildman–Crippen MR) is 67.0 cm³/mol. The lowest BCUT2D eigenvalue weighted by atomic mass is 10.3. The van der Waals surface area contributed by atoms with Crippen LogP contribution >= 0.6 is 22.6 Å². The van der Waals surface area contributed by atoms with Gasteiger partial charge in [0.1, 0.15) is 9.62 Å². The van der Waals surface area contributed by atoms with Gasteiger partial charge in [-0.1, -0.05) is 22.6 Å². The van der Waals surface area contributed by atoms with Gasteiger partial charge in [-0.15, -0.1) is 0 Å². The largest absolute Gasteiger partial charge is 0.468 e. The molecule has 0 saturated heterocycles. The highest BCUT2D eigenvalue weighted by atomic mass is 127. The Kier molecular flexibility index (Phi) is 5.07. The van der Waals surface area contributed by atoms with Gasteiger partial charge in [0.05, 0.1) is 7.11 Å². The second-order valence-corrected chi connectivity index (χ2v) is 4.51. The molecule has 1 aromatic rings. The van der Waals surface area contributed by atoms with Gasteiger partial charge in [0.15, 0.2) is 0 Å². The number of esters is 1. The van der Waals surface area contributed by atoms with E-state index in [0.717, 1.165) is 0 Å². The number of amides is 1. The maximum atomic E-state index is 11.5. The quantitative estimate of drug-likeness (QED) is 0.432. The Labute approximate surface area is 110 Å². The maximum Gasteiger partial charge on any atom is 0.320 e. The molecule has 2 N–H and O–H groups in total. The van der Waals surface area contributed by atoms with E-state index < -0.39 is 15.8 Å². The van der Waals surface area contributed by atoms with Crippen molar-refractivity contribution in [3.05, 3.63) is 28.2 Å². The molecule has 0 saturated carbocycles. The lowest BCUT2D eigenvalue weighted by Gasteiger charge is -2.08. The number of aromatic amines is 1. The van der Waals surface area contributed by atoms with Crippen LogP contribution in [0.2, 0.25) is 0 Å². The lowest BCUT2D eigenvalue weighted by molar-refractivity contribution is -0.139. The molecular weight excluding hydrogens is 341 g/mol. The van der Waals surface area contributed by atoms with Gasteiger partial charge in [-0.2, -0.15) is 5.10 Å². The van der Waals surface area contributed by atoms with E-state index in [0.29, 0.717) is 0 Å². The molecule has 1 rings (SSSR count). The summed E-state index contributed by atoms with van der Waals surface area (Å²) in [5, 5.41) is 8.20. The number of hydrogen-bond donors (Lipinski definition) is 2. The smallest absolute Gasteiger partial charge is 0.320 e. The summed E-state index contributed by atoms with van der Waals surface area (Å²) in [4.78, 5) is 33.3. The van der Waals surface area contributed by atoms with E-state index in [1.807, 2.05) is 22.6 Å². The fourth-order valence-corrected chi connectivity index (χ4v) is 1.43. The summed E-state index contributed by atoms with van der Waals surface area (Å²) < 4.78 is 4.04. The normalized spacial score (nSPS) is 11.6. The maximum absolute atomic E-state index is 11.5. The minimum Gasteiger partial charge on any atom is -0.468 e. The van der Waals surface area contributed by atoms with Gasteiger partial charge < -0.3 is 10.1 Å². The average Bonchev–Trinajstić information content (AvgIpc) is 2.35. The van der Waals surface area contributed by atoms with E-state index >= 15 is 0 Å². The van der Waals surface area contributed by atoms with Crippen molar-refractivity contribution in [1.29, 1.82) is 0 Å². The number of alkyl halides is 1. The van der Waals surface area contributed by atoms with Crippen molar-refractivity contribution in [3.8, 4) is 0 Å². The Morgan fingerprint density at radius 3 is 2.82 bits per heavy atom. The van der Waals surface area contributed by atoms with Crippen LogP contribution in [0.4, 0.5) is 0 Å². The molecule has 1 atom stereocenters. The Hall–Kier alpha value is -1.45. The van der Waals surface area contributed by atoms with Crippen molar-refractivity contribution in [1.82, 2.24) is 15.5 Å². The third kappa shape index (κ3) is 4.13.